The molecule has 0 radical (unpaired) electrons. The minimum atomic E-state index is -0.361. The van der Waals surface area contributed by atoms with Crippen LogP contribution in [0.4, 0.5) is 4.79 Å². The lowest BCUT2D eigenvalue weighted by Crippen LogP contribution is -2.48. The van der Waals surface area contributed by atoms with Gasteiger partial charge in [-0.15, -0.1) is 0 Å². The highest BCUT2D eigenvalue weighted by Crippen LogP contribution is 2.32. The first-order valence-electron chi connectivity index (χ1n) is 9.26. The molecule has 26 heavy (non-hydrogen) atoms. The van der Waals surface area contributed by atoms with Gasteiger partial charge < -0.3 is 25.4 Å². The number of guanidine groups is 1. The largest absolute Gasteiger partial charge is 0.494 e. The van der Waals surface area contributed by atoms with Gasteiger partial charge >= 0.3 is 6.09 Å². The summed E-state index contributed by atoms with van der Waals surface area (Å²) in [6, 6.07) is 7.98. The Morgan fingerprint density at radius 2 is 2.00 bits per heavy atom. The number of para-hydroxylation sites is 1. The van der Waals surface area contributed by atoms with E-state index >= 15 is 0 Å². The first kappa shape index (κ1) is 19.9. The van der Waals surface area contributed by atoms with Gasteiger partial charge in [-0.2, -0.15) is 0 Å². The number of benzene rings is 1. The van der Waals surface area contributed by atoms with Crippen molar-refractivity contribution in [2.24, 2.45) is 10.9 Å². The molecule has 1 amide bonds. The zero-order chi connectivity index (χ0) is 18.8. The predicted molar refractivity (Wildman–Crippen MR) is 102 cm³/mol. The summed E-state index contributed by atoms with van der Waals surface area (Å²) in [4.78, 5) is 15.9. The molecule has 1 aromatic rings. The van der Waals surface area contributed by atoms with Crippen molar-refractivity contribution in [3.8, 4) is 5.75 Å². The van der Waals surface area contributed by atoms with Gasteiger partial charge in [0.15, 0.2) is 5.96 Å². The van der Waals surface area contributed by atoms with E-state index in [-0.39, 0.29) is 12.1 Å². The SMILES string of the molecule is CCOC(=O)NC(CNC(=NC)NCc1ccccc1OCC)C1CC1. The second-order valence-corrected chi connectivity index (χ2v) is 6.16. The van der Waals surface area contributed by atoms with Crippen LogP contribution in [-0.4, -0.2) is 44.9 Å². The number of ether oxygens (including phenoxy) is 2. The van der Waals surface area contributed by atoms with E-state index in [0.29, 0.717) is 38.2 Å². The molecule has 1 aliphatic rings. The van der Waals surface area contributed by atoms with Crippen molar-refractivity contribution in [2.45, 2.75) is 39.3 Å². The Labute approximate surface area is 155 Å². The van der Waals surface area contributed by atoms with E-state index in [1.54, 1.807) is 14.0 Å². The van der Waals surface area contributed by atoms with Crippen molar-refractivity contribution in [2.75, 3.05) is 26.8 Å². The maximum atomic E-state index is 11.7. The first-order valence-corrected chi connectivity index (χ1v) is 9.26. The first-order chi connectivity index (χ1) is 12.7. The van der Waals surface area contributed by atoms with Gasteiger partial charge in [-0.25, -0.2) is 4.79 Å². The number of carbonyl (C=O) groups is 1. The molecule has 0 spiro atoms. The number of hydrogen-bond acceptors (Lipinski definition) is 4. The Hall–Kier alpha value is -2.44. The Morgan fingerprint density at radius 1 is 1.23 bits per heavy atom. The molecule has 1 atom stereocenters. The molecule has 0 aromatic heterocycles. The summed E-state index contributed by atoms with van der Waals surface area (Å²) in [5.41, 5.74) is 1.07. The molecule has 3 N–H and O–H groups in total. The second kappa shape index (κ2) is 10.5. The van der Waals surface area contributed by atoms with Crippen LogP contribution in [0.3, 0.4) is 0 Å². The highest BCUT2D eigenvalue weighted by Gasteiger charge is 2.32. The van der Waals surface area contributed by atoms with Crippen LogP contribution in [0.15, 0.2) is 29.3 Å². The number of hydrogen-bond donors (Lipinski definition) is 3. The Kier molecular flexibility index (Phi) is 8.05. The molecule has 1 saturated carbocycles. The minimum Gasteiger partial charge on any atom is -0.494 e. The van der Waals surface area contributed by atoms with Gasteiger partial charge in [0.2, 0.25) is 0 Å². The highest BCUT2D eigenvalue weighted by atomic mass is 16.5. The zero-order valence-electron chi connectivity index (χ0n) is 15.9. The van der Waals surface area contributed by atoms with E-state index in [0.717, 1.165) is 24.2 Å². The Bertz CT molecular complexity index is 602. The van der Waals surface area contributed by atoms with E-state index < -0.39 is 0 Å². The van der Waals surface area contributed by atoms with E-state index in [4.69, 9.17) is 9.47 Å². The van der Waals surface area contributed by atoms with Gasteiger partial charge in [-0.3, -0.25) is 4.99 Å². The summed E-state index contributed by atoms with van der Waals surface area (Å²) in [7, 11) is 1.73. The highest BCUT2D eigenvalue weighted by molar-refractivity contribution is 5.79. The lowest BCUT2D eigenvalue weighted by Gasteiger charge is -2.20. The smallest absolute Gasteiger partial charge is 0.407 e. The van der Waals surface area contributed by atoms with E-state index in [2.05, 4.69) is 20.9 Å². The summed E-state index contributed by atoms with van der Waals surface area (Å²) < 4.78 is 10.6. The minimum absolute atomic E-state index is 0.0447. The second-order valence-electron chi connectivity index (χ2n) is 6.16. The van der Waals surface area contributed by atoms with Crippen molar-refractivity contribution in [3.05, 3.63) is 29.8 Å². The number of carbonyl (C=O) groups excluding carboxylic acids is 1. The van der Waals surface area contributed by atoms with Crippen LogP contribution in [0.5, 0.6) is 5.75 Å². The van der Waals surface area contributed by atoms with Crippen LogP contribution in [0.2, 0.25) is 0 Å². The Balaban J connectivity index is 1.84. The van der Waals surface area contributed by atoms with Crippen molar-refractivity contribution < 1.29 is 14.3 Å². The number of nitrogens with zero attached hydrogens (tertiary/aromatic N) is 1. The number of aliphatic imine (C=N–C) groups is 1. The molecule has 1 aromatic carbocycles. The van der Waals surface area contributed by atoms with Crippen molar-refractivity contribution >= 4 is 12.1 Å². The fourth-order valence-corrected chi connectivity index (χ4v) is 2.71. The van der Waals surface area contributed by atoms with E-state index in [1.165, 1.54) is 0 Å². The van der Waals surface area contributed by atoms with Crippen molar-refractivity contribution in [3.63, 3.8) is 0 Å². The summed E-state index contributed by atoms with van der Waals surface area (Å²) >= 11 is 0. The van der Waals surface area contributed by atoms with Crippen LogP contribution >= 0.6 is 0 Å². The molecule has 0 bridgehead atoms. The van der Waals surface area contributed by atoms with Crippen LogP contribution in [0.25, 0.3) is 0 Å². The van der Waals surface area contributed by atoms with Crippen LogP contribution in [-0.2, 0) is 11.3 Å². The number of nitrogens with one attached hydrogen (secondary N) is 3. The van der Waals surface area contributed by atoms with Gasteiger partial charge in [-0.1, -0.05) is 18.2 Å². The molecule has 0 aliphatic heterocycles. The normalized spacial score (nSPS) is 15.1. The van der Waals surface area contributed by atoms with Crippen LogP contribution < -0.4 is 20.7 Å². The van der Waals surface area contributed by atoms with Gasteiger partial charge in [0, 0.05) is 25.7 Å². The number of rotatable bonds is 9. The average Bonchev–Trinajstić information content (AvgIpc) is 3.47. The molecule has 1 unspecified atom stereocenters. The molecule has 144 valence electrons. The van der Waals surface area contributed by atoms with Gasteiger partial charge in [0.25, 0.3) is 0 Å². The quantitative estimate of drug-likeness (QED) is 0.464. The molecule has 1 fully saturated rings. The molecule has 7 nitrogen and oxygen atoms in total. The third-order valence-electron chi connectivity index (χ3n) is 4.20. The number of alkyl carbamates (subject to hydrolysis) is 1. The Morgan fingerprint density at radius 3 is 2.65 bits per heavy atom. The third kappa shape index (κ3) is 6.46. The topological polar surface area (TPSA) is 84.0 Å². The van der Waals surface area contributed by atoms with Crippen molar-refractivity contribution in [1.29, 1.82) is 0 Å². The molecular formula is C19H30N4O3. The van der Waals surface area contributed by atoms with Crippen LogP contribution in [0, 0.1) is 5.92 Å². The summed E-state index contributed by atoms with van der Waals surface area (Å²) in [5, 5.41) is 9.51. The van der Waals surface area contributed by atoms with Crippen molar-refractivity contribution in [1.82, 2.24) is 16.0 Å². The van der Waals surface area contributed by atoms with Gasteiger partial charge in [0.1, 0.15) is 5.75 Å². The molecule has 0 saturated heterocycles. The van der Waals surface area contributed by atoms with E-state index in [9.17, 15) is 4.79 Å². The zero-order valence-corrected chi connectivity index (χ0v) is 15.9. The lowest BCUT2D eigenvalue weighted by molar-refractivity contribution is 0.146. The maximum absolute atomic E-state index is 11.7. The molecule has 0 heterocycles. The molecular weight excluding hydrogens is 332 g/mol. The summed E-state index contributed by atoms with van der Waals surface area (Å²) in [5.74, 6) is 2.06. The maximum Gasteiger partial charge on any atom is 0.407 e. The molecule has 2 rings (SSSR count). The average molecular weight is 362 g/mol. The third-order valence-corrected chi connectivity index (χ3v) is 4.20. The monoisotopic (exact) mass is 362 g/mol. The van der Waals surface area contributed by atoms with Gasteiger partial charge in [-0.05, 0) is 38.7 Å². The van der Waals surface area contributed by atoms with E-state index in [1.807, 2.05) is 31.2 Å². The predicted octanol–water partition coefficient (Wildman–Crippen LogP) is 2.28. The summed E-state index contributed by atoms with van der Waals surface area (Å²) in [6.45, 7) is 5.99. The lowest BCUT2D eigenvalue weighted by atomic mass is 10.2. The molecule has 1 aliphatic carbocycles. The standard InChI is InChI=1S/C19H30N4O3/c1-4-25-17-9-7-6-8-15(17)12-21-18(20-3)22-13-16(14-10-11-14)23-19(24)26-5-2/h6-9,14,16H,4-5,10-13H2,1-3H3,(H,23,24)(H2,20,21,22). The van der Waals surface area contributed by atoms with Gasteiger partial charge in [0.05, 0.1) is 19.3 Å². The summed E-state index contributed by atoms with van der Waals surface area (Å²) in [6.07, 6.45) is 1.90. The fourth-order valence-electron chi connectivity index (χ4n) is 2.71. The fraction of sp³-hybridized carbons (Fsp3) is 0.579. The number of amides is 1. The molecule has 7 heteroatoms. The van der Waals surface area contributed by atoms with Crippen LogP contribution in [0.1, 0.15) is 32.3 Å².